The molecular formula is C10H16N4O2. The van der Waals surface area contributed by atoms with E-state index in [1.165, 1.54) is 5.01 Å². The first-order chi connectivity index (χ1) is 7.72. The maximum Gasteiger partial charge on any atom is 0.270 e. The number of piperazine rings is 1. The van der Waals surface area contributed by atoms with Gasteiger partial charge in [0.2, 0.25) is 5.91 Å². The molecule has 0 spiro atoms. The summed E-state index contributed by atoms with van der Waals surface area (Å²) >= 11 is 0. The van der Waals surface area contributed by atoms with Gasteiger partial charge in [-0.1, -0.05) is 0 Å². The van der Waals surface area contributed by atoms with E-state index in [9.17, 15) is 9.59 Å². The van der Waals surface area contributed by atoms with E-state index in [2.05, 4.69) is 10.4 Å². The van der Waals surface area contributed by atoms with Crippen LogP contribution in [-0.2, 0) is 9.59 Å². The Balaban J connectivity index is 2.02. The first-order valence-electron chi connectivity index (χ1n) is 5.60. The van der Waals surface area contributed by atoms with E-state index in [-0.39, 0.29) is 18.2 Å². The SMILES string of the molecule is CCN1N=C(C(=O)N2CCNCC2)CC1=O. The highest BCUT2D eigenvalue weighted by atomic mass is 16.2. The summed E-state index contributed by atoms with van der Waals surface area (Å²) in [4.78, 5) is 25.2. The fourth-order valence-corrected chi connectivity index (χ4v) is 1.89. The maximum absolute atomic E-state index is 12.0. The quantitative estimate of drug-likeness (QED) is 0.656. The summed E-state index contributed by atoms with van der Waals surface area (Å²) in [6.45, 7) is 5.38. The first-order valence-corrected chi connectivity index (χ1v) is 5.60. The number of hydrogen-bond donors (Lipinski definition) is 1. The van der Waals surface area contributed by atoms with Crippen LogP contribution >= 0.6 is 0 Å². The molecule has 6 nitrogen and oxygen atoms in total. The molecule has 0 aromatic carbocycles. The third kappa shape index (κ3) is 2.06. The molecule has 1 saturated heterocycles. The van der Waals surface area contributed by atoms with Gasteiger partial charge in [-0.3, -0.25) is 9.59 Å². The van der Waals surface area contributed by atoms with E-state index < -0.39 is 0 Å². The van der Waals surface area contributed by atoms with Crippen molar-refractivity contribution in [2.24, 2.45) is 5.10 Å². The van der Waals surface area contributed by atoms with Gasteiger partial charge in [-0.15, -0.1) is 0 Å². The van der Waals surface area contributed by atoms with E-state index in [0.29, 0.717) is 25.3 Å². The van der Waals surface area contributed by atoms with Crippen LogP contribution in [0.4, 0.5) is 0 Å². The van der Waals surface area contributed by atoms with Crippen molar-refractivity contribution in [3.8, 4) is 0 Å². The number of nitrogens with zero attached hydrogens (tertiary/aromatic N) is 3. The minimum absolute atomic E-state index is 0.0824. The summed E-state index contributed by atoms with van der Waals surface area (Å²) in [5, 5.41) is 8.59. The number of amides is 2. The molecule has 0 unspecified atom stereocenters. The van der Waals surface area contributed by atoms with E-state index in [1.54, 1.807) is 4.90 Å². The molecule has 0 aromatic heterocycles. The van der Waals surface area contributed by atoms with Crippen LogP contribution in [0.3, 0.4) is 0 Å². The lowest BCUT2D eigenvalue weighted by atomic mass is 10.2. The molecule has 2 aliphatic rings. The van der Waals surface area contributed by atoms with Gasteiger partial charge in [0.15, 0.2) is 0 Å². The van der Waals surface area contributed by atoms with Gasteiger partial charge in [-0.25, -0.2) is 5.01 Å². The number of carbonyl (C=O) groups is 2. The Morgan fingerprint density at radius 2 is 2.12 bits per heavy atom. The zero-order valence-corrected chi connectivity index (χ0v) is 9.40. The van der Waals surface area contributed by atoms with Crippen LogP contribution in [0.2, 0.25) is 0 Å². The molecule has 0 atom stereocenters. The van der Waals surface area contributed by atoms with Crippen molar-refractivity contribution >= 4 is 17.5 Å². The first kappa shape index (κ1) is 11.1. The van der Waals surface area contributed by atoms with Crippen LogP contribution in [0.1, 0.15) is 13.3 Å². The van der Waals surface area contributed by atoms with Crippen molar-refractivity contribution in [1.29, 1.82) is 0 Å². The molecule has 2 heterocycles. The number of nitrogens with one attached hydrogen (secondary N) is 1. The maximum atomic E-state index is 12.0. The second-order valence-electron chi connectivity index (χ2n) is 3.88. The lowest BCUT2D eigenvalue weighted by Gasteiger charge is -2.26. The van der Waals surface area contributed by atoms with E-state index in [1.807, 2.05) is 6.92 Å². The number of hydrogen-bond acceptors (Lipinski definition) is 4. The molecule has 0 bridgehead atoms. The van der Waals surface area contributed by atoms with Gasteiger partial charge in [0, 0.05) is 32.7 Å². The normalized spacial score (nSPS) is 21.3. The van der Waals surface area contributed by atoms with Crippen molar-refractivity contribution < 1.29 is 9.59 Å². The smallest absolute Gasteiger partial charge is 0.270 e. The molecule has 1 fully saturated rings. The molecule has 88 valence electrons. The summed E-state index contributed by atoms with van der Waals surface area (Å²) in [5.74, 6) is -0.174. The summed E-state index contributed by atoms with van der Waals surface area (Å²) < 4.78 is 0. The number of carbonyl (C=O) groups excluding carboxylic acids is 2. The average Bonchev–Trinajstić information content (AvgIpc) is 2.71. The van der Waals surface area contributed by atoms with Crippen LogP contribution in [0.25, 0.3) is 0 Å². The van der Waals surface area contributed by atoms with Gasteiger partial charge in [0.25, 0.3) is 5.91 Å². The number of hydrazone groups is 1. The Kier molecular flexibility index (Phi) is 3.19. The Labute approximate surface area is 94.3 Å². The summed E-state index contributed by atoms with van der Waals surface area (Å²) in [7, 11) is 0. The molecule has 1 N–H and O–H groups in total. The molecule has 0 aliphatic carbocycles. The summed E-state index contributed by atoms with van der Waals surface area (Å²) in [5.41, 5.74) is 0.383. The van der Waals surface area contributed by atoms with Gasteiger partial charge in [0.1, 0.15) is 5.71 Å². The van der Waals surface area contributed by atoms with Gasteiger partial charge in [-0.2, -0.15) is 5.10 Å². The molecule has 0 aromatic rings. The van der Waals surface area contributed by atoms with Crippen molar-refractivity contribution in [2.45, 2.75) is 13.3 Å². The van der Waals surface area contributed by atoms with E-state index in [4.69, 9.17) is 0 Å². The molecule has 0 saturated carbocycles. The third-order valence-electron chi connectivity index (χ3n) is 2.80. The standard InChI is InChI=1S/C10H16N4O2/c1-2-14-9(15)7-8(12-14)10(16)13-5-3-11-4-6-13/h11H,2-7H2,1H3. The minimum atomic E-state index is -0.0919. The van der Waals surface area contributed by atoms with Crippen molar-refractivity contribution in [3.05, 3.63) is 0 Å². The van der Waals surface area contributed by atoms with Gasteiger partial charge >= 0.3 is 0 Å². The van der Waals surface area contributed by atoms with Crippen LogP contribution in [-0.4, -0.2) is 60.2 Å². The van der Waals surface area contributed by atoms with Crippen molar-refractivity contribution in [3.63, 3.8) is 0 Å². The van der Waals surface area contributed by atoms with Gasteiger partial charge < -0.3 is 10.2 Å². The predicted octanol–water partition coefficient (Wildman–Crippen LogP) is -0.974. The molecular weight excluding hydrogens is 208 g/mol. The highest BCUT2D eigenvalue weighted by molar-refractivity contribution is 6.43. The number of rotatable bonds is 2. The highest BCUT2D eigenvalue weighted by Crippen LogP contribution is 2.10. The molecule has 2 rings (SSSR count). The third-order valence-corrected chi connectivity index (χ3v) is 2.80. The Morgan fingerprint density at radius 1 is 1.44 bits per heavy atom. The van der Waals surface area contributed by atoms with Gasteiger partial charge in [0.05, 0.1) is 6.42 Å². The molecule has 6 heteroatoms. The van der Waals surface area contributed by atoms with Gasteiger partial charge in [-0.05, 0) is 6.92 Å². The summed E-state index contributed by atoms with van der Waals surface area (Å²) in [6, 6.07) is 0. The van der Waals surface area contributed by atoms with Crippen molar-refractivity contribution in [2.75, 3.05) is 32.7 Å². The zero-order valence-electron chi connectivity index (χ0n) is 9.40. The Morgan fingerprint density at radius 3 is 2.69 bits per heavy atom. The van der Waals surface area contributed by atoms with Crippen LogP contribution in [0.5, 0.6) is 0 Å². The second-order valence-corrected chi connectivity index (χ2v) is 3.88. The Bertz CT molecular complexity index is 334. The fourth-order valence-electron chi connectivity index (χ4n) is 1.89. The largest absolute Gasteiger partial charge is 0.335 e. The second kappa shape index (κ2) is 4.61. The molecule has 16 heavy (non-hydrogen) atoms. The fraction of sp³-hybridized carbons (Fsp3) is 0.700. The van der Waals surface area contributed by atoms with Crippen molar-refractivity contribution in [1.82, 2.24) is 15.2 Å². The monoisotopic (exact) mass is 224 g/mol. The Hall–Kier alpha value is -1.43. The predicted molar refractivity (Wildman–Crippen MR) is 58.9 cm³/mol. The van der Waals surface area contributed by atoms with Crippen LogP contribution in [0.15, 0.2) is 5.10 Å². The lowest BCUT2D eigenvalue weighted by Crippen LogP contribution is -2.48. The highest BCUT2D eigenvalue weighted by Gasteiger charge is 2.30. The molecule has 0 radical (unpaired) electrons. The average molecular weight is 224 g/mol. The topological polar surface area (TPSA) is 65.0 Å². The van der Waals surface area contributed by atoms with Crippen LogP contribution < -0.4 is 5.32 Å². The zero-order chi connectivity index (χ0) is 11.5. The molecule has 2 aliphatic heterocycles. The van der Waals surface area contributed by atoms with E-state index in [0.717, 1.165) is 13.1 Å². The molecule has 2 amide bonds. The minimum Gasteiger partial charge on any atom is -0.335 e. The van der Waals surface area contributed by atoms with Crippen LogP contribution in [0, 0.1) is 0 Å². The van der Waals surface area contributed by atoms with E-state index >= 15 is 0 Å². The summed E-state index contributed by atoms with van der Waals surface area (Å²) in [6.07, 6.45) is 0.149. The lowest BCUT2D eigenvalue weighted by molar-refractivity contribution is -0.129.